The Morgan fingerprint density at radius 1 is 1.22 bits per heavy atom. The Kier molecular flexibility index (Phi) is 2.88. The predicted molar refractivity (Wildman–Crippen MR) is 69.0 cm³/mol. The van der Waals surface area contributed by atoms with Crippen LogP contribution < -0.4 is 5.73 Å². The van der Waals surface area contributed by atoms with E-state index in [1.807, 2.05) is 0 Å². The minimum Gasteiger partial charge on any atom is -0.381 e. The molecule has 18 heavy (non-hydrogen) atoms. The quantitative estimate of drug-likeness (QED) is 0.850. The minimum atomic E-state index is -0.549. The van der Waals surface area contributed by atoms with E-state index in [0.717, 1.165) is 38.9 Å². The number of hydrogen-bond acceptors (Lipinski definition) is 2. The molecule has 98 valence electrons. The zero-order valence-corrected chi connectivity index (χ0v) is 11.0. The van der Waals surface area contributed by atoms with Crippen LogP contribution in [-0.4, -0.2) is 13.2 Å². The molecule has 1 aromatic carbocycles. The Hall–Kier alpha value is -0.640. The molecule has 0 radical (unpaired) electrons. The van der Waals surface area contributed by atoms with Crippen LogP contribution in [0.2, 0.25) is 5.02 Å². The number of nitrogens with two attached hydrogens (primary N) is 1. The summed E-state index contributed by atoms with van der Waals surface area (Å²) < 4.78 is 19.4. The summed E-state index contributed by atoms with van der Waals surface area (Å²) in [7, 11) is 0. The molecule has 1 aliphatic heterocycles. The van der Waals surface area contributed by atoms with Crippen LogP contribution in [-0.2, 0) is 10.3 Å². The molecule has 1 spiro atoms. The summed E-state index contributed by atoms with van der Waals surface area (Å²) in [6.45, 7) is 1.60. The van der Waals surface area contributed by atoms with Crippen molar-refractivity contribution in [1.82, 2.24) is 0 Å². The third kappa shape index (κ3) is 1.85. The minimum absolute atomic E-state index is 0.158. The Labute approximate surface area is 111 Å². The lowest BCUT2D eigenvalue weighted by atomic mass is 9.52. The van der Waals surface area contributed by atoms with Crippen molar-refractivity contribution in [3.63, 3.8) is 0 Å². The second kappa shape index (κ2) is 4.19. The molecule has 1 aromatic rings. The molecule has 1 heterocycles. The molecule has 3 rings (SSSR count). The molecular formula is C14H17ClFNO. The lowest BCUT2D eigenvalue weighted by molar-refractivity contribution is -0.0734. The summed E-state index contributed by atoms with van der Waals surface area (Å²) in [5.41, 5.74) is 6.64. The zero-order chi connectivity index (χ0) is 12.8. The van der Waals surface area contributed by atoms with Crippen molar-refractivity contribution < 1.29 is 9.13 Å². The standard InChI is InChI=1S/C14H17ClFNO/c15-11-3-1-2-10(12(11)16)14(17)8-13(9-14)4-6-18-7-5-13/h1-3H,4-9,17H2. The van der Waals surface area contributed by atoms with Crippen molar-refractivity contribution in [2.45, 2.75) is 31.2 Å². The third-order valence-corrected chi connectivity index (χ3v) is 4.71. The largest absolute Gasteiger partial charge is 0.381 e. The first kappa shape index (κ1) is 12.4. The van der Waals surface area contributed by atoms with Crippen molar-refractivity contribution in [2.75, 3.05) is 13.2 Å². The maximum atomic E-state index is 14.0. The van der Waals surface area contributed by atoms with Crippen molar-refractivity contribution in [3.8, 4) is 0 Å². The van der Waals surface area contributed by atoms with Gasteiger partial charge in [0.15, 0.2) is 0 Å². The van der Waals surface area contributed by atoms with E-state index in [2.05, 4.69) is 0 Å². The summed E-state index contributed by atoms with van der Waals surface area (Å²) in [4.78, 5) is 0. The van der Waals surface area contributed by atoms with Gasteiger partial charge < -0.3 is 10.5 Å². The fourth-order valence-electron chi connectivity index (χ4n) is 3.52. The van der Waals surface area contributed by atoms with E-state index in [-0.39, 0.29) is 16.3 Å². The van der Waals surface area contributed by atoms with Crippen LogP contribution in [0.25, 0.3) is 0 Å². The van der Waals surface area contributed by atoms with Crippen LogP contribution in [0.3, 0.4) is 0 Å². The summed E-state index contributed by atoms with van der Waals surface area (Å²) in [5.74, 6) is -0.358. The smallest absolute Gasteiger partial charge is 0.146 e. The second-order valence-electron chi connectivity index (χ2n) is 5.72. The Morgan fingerprint density at radius 2 is 1.89 bits per heavy atom. The molecule has 1 saturated heterocycles. The van der Waals surface area contributed by atoms with Gasteiger partial charge in [0.1, 0.15) is 5.82 Å². The highest BCUT2D eigenvalue weighted by Crippen LogP contribution is 2.58. The number of halogens is 2. The highest BCUT2D eigenvalue weighted by molar-refractivity contribution is 6.30. The molecule has 0 unspecified atom stereocenters. The van der Waals surface area contributed by atoms with Crippen LogP contribution in [0.15, 0.2) is 18.2 Å². The van der Waals surface area contributed by atoms with Gasteiger partial charge in [0.05, 0.1) is 5.02 Å². The van der Waals surface area contributed by atoms with Gasteiger partial charge in [-0.3, -0.25) is 0 Å². The molecule has 0 bridgehead atoms. The van der Waals surface area contributed by atoms with Gasteiger partial charge >= 0.3 is 0 Å². The molecule has 2 fully saturated rings. The molecule has 1 aliphatic carbocycles. The molecule has 2 aliphatic rings. The van der Waals surface area contributed by atoms with E-state index in [9.17, 15) is 4.39 Å². The highest BCUT2D eigenvalue weighted by atomic mass is 35.5. The summed E-state index contributed by atoms with van der Waals surface area (Å²) in [6, 6.07) is 5.09. The van der Waals surface area contributed by atoms with E-state index < -0.39 is 5.54 Å². The van der Waals surface area contributed by atoms with E-state index in [1.54, 1.807) is 18.2 Å². The van der Waals surface area contributed by atoms with Crippen molar-refractivity contribution in [2.24, 2.45) is 11.1 Å². The Bertz CT molecular complexity index is 463. The zero-order valence-electron chi connectivity index (χ0n) is 10.2. The second-order valence-corrected chi connectivity index (χ2v) is 6.13. The Morgan fingerprint density at radius 3 is 2.56 bits per heavy atom. The fourth-order valence-corrected chi connectivity index (χ4v) is 3.70. The van der Waals surface area contributed by atoms with E-state index in [0.29, 0.717) is 5.56 Å². The van der Waals surface area contributed by atoms with E-state index in [4.69, 9.17) is 22.1 Å². The molecule has 0 amide bonds. The lowest BCUT2D eigenvalue weighted by Crippen LogP contribution is -2.57. The topological polar surface area (TPSA) is 35.2 Å². The van der Waals surface area contributed by atoms with E-state index in [1.165, 1.54) is 0 Å². The first-order valence-corrected chi connectivity index (χ1v) is 6.74. The summed E-state index contributed by atoms with van der Waals surface area (Å²) >= 11 is 5.83. The van der Waals surface area contributed by atoms with Gasteiger partial charge in [0, 0.05) is 24.3 Å². The maximum Gasteiger partial charge on any atom is 0.146 e. The number of benzene rings is 1. The van der Waals surface area contributed by atoms with Gasteiger partial charge in [-0.2, -0.15) is 0 Å². The average Bonchev–Trinajstić information content (AvgIpc) is 2.32. The van der Waals surface area contributed by atoms with Gasteiger partial charge in [-0.1, -0.05) is 23.7 Å². The lowest BCUT2D eigenvalue weighted by Gasteiger charge is -2.56. The van der Waals surface area contributed by atoms with Crippen LogP contribution in [0.4, 0.5) is 4.39 Å². The number of rotatable bonds is 1. The molecule has 1 saturated carbocycles. The van der Waals surface area contributed by atoms with Gasteiger partial charge in [-0.25, -0.2) is 4.39 Å². The van der Waals surface area contributed by atoms with Gasteiger partial charge in [-0.05, 0) is 37.2 Å². The van der Waals surface area contributed by atoms with Crippen LogP contribution in [0.1, 0.15) is 31.2 Å². The van der Waals surface area contributed by atoms with Crippen LogP contribution >= 0.6 is 11.6 Å². The summed E-state index contributed by atoms with van der Waals surface area (Å²) in [5, 5.41) is 0.158. The monoisotopic (exact) mass is 269 g/mol. The van der Waals surface area contributed by atoms with Gasteiger partial charge in [-0.15, -0.1) is 0 Å². The van der Waals surface area contributed by atoms with Crippen molar-refractivity contribution >= 4 is 11.6 Å². The molecule has 0 atom stereocenters. The first-order chi connectivity index (χ1) is 8.55. The van der Waals surface area contributed by atoms with E-state index >= 15 is 0 Å². The predicted octanol–water partition coefficient (Wildman–Crippen LogP) is 3.22. The molecule has 0 aromatic heterocycles. The number of hydrogen-bond donors (Lipinski definition) is 1. The molecule has 2 N–H and O–H groups in total. The van der Waals surface area contributed by atoms with Crippen LogP contribution in [0.5, 0.6) is 0 Å². The number of ether oxygens (including phenoxy) is 1. The Balaban J connectivity index is 1.84. The molecule has 4 heteroatoms. The van der Waals surface area contributed by atoms with Crippen molar-refractivity contribution in [1.29, 1.82) is 0 Å². The highest BCUT2D eigenvalue weighted by Gasteiger charge is 2.54. The van der Waals surface area contributed by atoms with Gasteiger partial charge in [0.2, 0.25) is 0 Å². The molecular weight excluding hydrogens is 253 g/mol. The fraction of sp³-hybridized carbons (Fsp3) is 0.571. The van der Waals surface area contributed by atoms with Gasteiger partial charge in [0.25, 0.3) is 0 Å². The van der Waals surface area contributed by atoms with Crippen molar-refractivity contribution in [3.05, 3.63) is 34.6 Å². The summed E-state index contributed by atoms with van der Waals surface area (Å²) in [6.07, 6.45) is 3.74. The SMILES string of the molecule is NC1(c2cccc(Cl)c2F)CC2(CCOCC2)C1. The average molecular weight is 270 g/mol. The molecule has 2 nitrogen and oxygen atoms in total. The first-order valence-electron chi connectivity index (χ1n) is 6.36. The third-order valence-electron chi connectivity index (χ3n) is 4.42. The maximum absolute atomic E-state index is 14.0. The van der Waals surface area contributed by atoms with Crippen LogP contribution in [0, 0.1) is 11.2 Å². The normalized spacial score (nSPS) is 24.8.